The molecule has 0 atom stereocenters. The molecule has 0 amide bonds. The van der Waals surface area contributed by atoms with Gasteiger partial charge in [-0.05, 0) is 19.3 Å². The number of ether oxygens (including phenoxy) is 1. The van der Waals surface area contributed by atoms with E-state index in [0.29, 0.717) is 5.92 Å². The molecule has 0 saturated heterocycles. The lowest BCUT2D eigenvalue weighted by molar-refractivity contribution is 0.251. The molecule has 0 saturated carbocycles. The van der Waals surface area contributed by atoms with E-state index in [4.69, 9.17) is 4.74 Å². The molecule has 0 radical (unpaired) electrons. The van der Waals surface area contributed by atoms with Crippen LogP contribution in [0.15, 0.2) is 16.8 Å². The first kappa shape index (κ1) is 9.30. The third kappa shape index (κ3) is 3.07. The minimum absolute atomic E-state index is 0.582. The fourth-order valence-corrected chi connectivity index (χ4v) is 1.07. The monoisotopic (exact) mass is 167 g/mol. The number of rotatable bonds is 2. The van der Waals surface area contributed by atoms with E-state index in [-0.39, 0.29) is 0 Å². The van der Waals surface area contributed by atoms with E-state index in [1.807, 2.05) is 6.92 Å². The fourth-order valence-electron chi connectivity index (χ4n) is 1.07. The molecule has 0 aromatic carbocycles. The Morgan fingerprint density at radius 2 is 2.33 bits per heavy atom. The molecule has 0 spiro atoms. The van der Waals surface area contributed by atoms with E-state index in [1.165, 1.54) is 0 Å². The highest BCUT2D eigenvalue weighted by Gasteiger charge is 2.05. The Bertz CT molecular complexity index is 204. The second-order valence-electron chi connectivity index (χ2n) is 3.59. The van der Waals surface area contributed by atoms with Crippen LogP contribution < -0.4 is 0 Å². The largest absolute Gasteiger partial charge is 0.480 e. The van der Waals surface area contributed by atoms with Crippen molar-refractivity contribution in [1.29, 1.82) is 0 Å². The molecule has 12 heavy (non-hydrogen) atoms. The van der Waals surface area contributed by atoms with E-state index in [1.54, 1.807) is 0 Å². The summed E-state index contributed by atoms with van der Waals surface area (Å²) in [6.07, 6.45) is 4.18. The van der Waals surface area contributed by atoms with Crippen molar-refractivity contribution in [2.75, 3.05) is 6.61 Å². The van der Waals surface area contributed by atoms with E-state index < -0.39 is 0 Å². The van der Waals surface area contributed by atoms with Crippen LogP contribution in [0.1, 0.15) is 33.6 Å². The lowest BCUT2D eigenvalue weighted by atomic mass is 10.2. The van der Waals surface area contributed by atoms with Gasteiger partial charge in [-0.25, -0.2) is 4.99 Å². The maximum absolute atomic E-state index is 5.52. The fraction of sp³-hybridized carbons (Fsp3) is 0.700. The zero-order chi connectivity index (χ0) is 8.97. The highest BCUT2D eigenvalue weighted by Crippen LogP contribution is 2.11. The Morgan fingerprint density at radius 1 is 1.58 bits per heavy atom. The molecule has 1 rings (SSSR count). The Labute approximate surface area is 74.3 Å². The lowest BCUT2D eigenvalue weighted by Crippen LogP contribution is -2.11. The van der Waals surface area contributed by atoms with Gasteiger partial charge in [0.25, 0.3) is 0 Å². The molecule has 1 aliphatic heterocycles. The summed E-state index contributed by atoms with van der Waals surface area (Å²) in [5, 5.41) is 0. The predicted octanol–water partition coefficient (Wildman–Crippen LogP) is 2.76. The summed E-state index contributed by atoms with van der Waals surface area (Å²) in [6, 6.07) is 0. The topological polar surface area (TPSA) is 21.6 Å². The van der Waals surface area contributed by atoms with Crippen LogP contribution >= 0.6 is 0 Å². The van der Waals surface area contributed by atoms with Crippen LogP contribution in [0.4, 0.5) is 0 Å². The Hall–Kier alpha value is -0.790. The number of allylic oxidation sites excluding steroid dienone is 2. The quantitative estimate of drug-likeness (QED) is 0.619. The van der Waals surface area contributed by atoms with Crippen molar-refractivity contribution in [3.8, 4) is 0 Å². The smallest absolute Gasteiger partial charge is 0.188 e. The molecule has 68 valence electrons. The van der Waals surface area contributed by atoms with Gasteiger partial charge in [-0.2, -0.15) is 0 Å². The summed E-state index contributed by atoms with van der Waals surface area (Å²) in [5.41, 5.74) is 1.08. The summed E-state index contributed by atoms with van der Waals surface area (Å²) in [7, 11) is 0. The molecule has 0 unspecified atom stereocenters. The third-order valence-electron chi connectivity index (χ3n) is 1.68. The molecule has 0 bridgehead atoms. The van der Waals surface area contributed by atoms with Crippen molar-refractivity contribution in [3.63, 3.8) is 0 Å². The van der Waals surface area contributed by atoms with Gasteiger partial charge in [-0.3, -0.25) is 0 Å². The van der Waals surface area contributed by atoms with Gasteiger partial charge in [0.05, 0.1) is 6.61 Å². The maximum atomic E-state index is 5.52. The van der Waals surface area contributed by atoms with Crippen LogP contribution in [0.2, 0.25) is 0 Å². The molecule has 1 aliphatic rings. The third-order valence-corrected chi connectivity index (χ3v) is 1.68. The lowest BCUT2D eigenvalue weighted by Gasteiger charge is -2.13. The standard InChI is InChI=1S/C10H17NO/c1-8(2)7-12-10-6-4-5-9(3)11-10/h5,8H,4,6-7H2,1-3H3. The predicted molar refractivity (Wildman–Crippen MR) is 51.2 cm³/mol. The van der Waals surface area contributed by atoms with Crippen LogP contribution in [0.25, 0.3) is 0 Å². The molecular formula is C10H17NO. The second-order valence-corrected chi connectivity index (χ2v) is 3.59. The van der Waals surface area contributed by atoms with Crippen LogP contribution in [0.5, 0.6) is 0 Å². The van der Waals surface area contributed by atoms with Crippen LogP contribution in [-0.4, -0.2) is 12.5 Å². The van der Waals surface area contributed by atoms with Gasteiger partial charge in [-0.1, -0.05) is 19.9 Å². The van der Waals surface area contributed by atoms with Gasteiger partial charge < -0.3 is 4.74 Å². The molecule has 2 heteroatoms. The molecule has 0 aromatic rings. The van der Waals surface area contributed by atoms with Gasteiger partial charge in [-0.15, -0.1) is 0 Å². The summed E-state index contributed by atoms with van der Waals surface area (Å²) in [6.45, 7) is 7.09. The van der Waals surface area contributed by atoms with Gasteiger partial charge in [0.15, 0.2) is 5.90 Å². The average Bonchev–Trinajstić information content (AvgIpc) is 2.01. The molecule has 0 fully saturated rings. The van der Waals surface area contributed by atoms with Crippen LogP contribution in [0, 0.1) is 5.92 Å². The summed E-state index contributed by atoms with van der Waals surface area (Å²) in [5.74, 6) is 1.49. The van der Waals surface area contributed by atoms with E-state index >= 15 is 0 Å². The van der Waals surface area contributed by atoms with Gasteiger partial charge in [0, 0.05) is 12.1 Å². The highest BCUT2D eigenvalue weighted by molar-refractivity contribution is 5.78. The number of hydrogen-bond donors (Lipinski definition) is 0. The summed E-state index contributed by atoms with van der Waals surface area (Å²) < 4.78 is 5.52. The highest BCUT2D eigenvalue weighted by atomic mass is 16.5. The number of hydrogen-bond acceptors (Lipinski definition) is 2. The van der Waals surface area contributed by atoms with Crippen LogP contribution in [-0.2, 0) is 4.74 Å². The molecule has 2 nitrogen and oxygen atoms in total. The zero-order valence-corrected chi connectivity index (χ0v) is 8.13. The minimum Gasteiger partial charge on any atom is -0.480 e. The molecular weight excluding hydrogens is 150 g/mol. The first-order valence-corrected chi connectivity index (χ1v) is 4.55. The first-order chi connectivity index (χ1) is 5.68. The van der Waals surface area contributed by atoms with E-state index in [9.17, 15) is 0 Å². The molecule has 0 aromatic heterocycles. The Balaban J connectivity index is 2.37. The van der Waals surface area contributed by atoms with E-state index in [2.05, 4.69) is 24.9 Å². The normalized spacial score (nSPS) is 17.3. The van der Waals surface area contributed by atoms with E-state index in [0.717, 1.165) is 31.0 Å². The van der Waals surface area contributed by atoms with Crippen LogP contribution in [0.3, 0.4) is 0 Å². The first-order valence-electron chi connectivity index (χ1n) is 4.55. The summed E-state index contributed by atoms with van der Waals surface area (Å²) >= 11 is 0. The minimum atomic E-state index is 0.582. The van der Waals surface area contributed by atoms with Crippen molar-refractivity contribution >= 4 is 5.90 Å². The number of nitrogens with zero attached hydrogens (tertiary/aromatic N) is 1. The molecule has 0 N–H and O–H groups in total. The van der Waals surface area contributed by atoms with Crippen molar-refractivity contribution in [2.24, 2.45) is 10.9 Å². The van der Waals surface area contributed by atoms with Crippen molar-refractivity contribution in [3.05, 3.63) is 11.8 Å². The number of aliphatic imine (C=N–C) groups is 1. The van der Waals surface area contributed by atoms with Gasteiger partial charge >= 0.3 is 0 Å². The maximum Gasteiger partial charge on any atom is 0.188 e. The second kappa shape index (κ2) is 4.29. The average molecular weight is 167 g/mol. The van der Waals surface area contributed by atoms with Gasteiger partial charge in [0.1, 0.15) is 0 Å². The summed E-state index contributed by atoms with van der Waals surface area (Å²) in [4.78, 5) is 4.31. The Kier molecular flexibility index (Phi) is 3.32. The Morgan fingerprint density at radius 3 is 2.92 bits per heavy atom. The van der Waals surface area contributed by atoms with Crippen molar-refractivity contribution in [2.45, 2.75) is 33.6 Å². The molecule has 0 aliphatic carbocycles. The van der Waals surface area contributed by atoms with Crippen molar-refractivity contribution in [1.82, 2.24) is 0 Å². The zero-order valence-electron chi connectivity index (χ0n) is 8.13. The SMILES string of the molecule is CC1=CCCC(OCC(C)C)=N1. The molecule has 1 heterocycles. The van der Waals surface area contributed by atoms with Gasteiger partial charge in [0.2, 0.25) is 0 Å². The van der Waals surface area contributed by atoms with Crippen molar-refractivity contribution < 1.29 is 4.74 Å².